The molecule has 5 heteroatoms. The molecule has 0 fully saturated rings. The SMILES string of the molecule is Cc1cc(Cl)nc(Cn2ccc(C)n2)n1. The predicted molar refractivity (Wildman–Crippen MR) is 57.8 cm³/mol. The average molecular weight is 223 g/mol. The molecule has 2 heterocycles. The molecule has 4 nitrogen and oxygen atoms in total. The molecule has 0 spiro atoms. The highest BCUT2D eigenvalue weighted by Gasteiger charge is 2.02. The van der Waals surface area contributed by atoms with Crippen LogP contribution < -0.4 is 0 Å². The van der Waals surface area contributed by atoms with Crippen LogP contribution in [0.2, 0.25) is 5.15 Å². The summed E-state index contributed by atoms with van der Waals surface area (Å²) in [5.74, 6) is 0.683. The normalized spacial score (nSPS) is 10.6. The van der Waals surface area contributed by atoms with E-state index in [4.69, 9.17) is 11.6 Å². The van der Waals surface area contributed by atoms with Gasteiger partial charge in [-0.3, -0.25) is 4.68 Å². The Morgan fingerprint density at radius 1 is 1.27 bits per heavy atom. The summed E-state index contributed by atoms with van der Waals surface area (Å²) in [5, 5.41) is 4.73. The van der Waals surface area contributed by atoms with Crippen LogP contribution in [-0.2, 0) is 6.54 Å². The zero-order valence-corrected chi connectivity index (χ0v) is 9.36. The van der Waals surface area contributed by atoms with E-state index < -0.39 is 0 Å². The van der Waals surface area contributed by atoms with Crippen LogP contribution >= 0.6 is 11.6 Å². The third kappa shape index (κ3) is 2.53. The minimum absolute atomic E-state index is 0.473. The lowest BCUT2D eigenvalue weighted by Crippen LogP contribution is -2.06. The van der Waals surface area contributed by atoms with Gasteiger partial charge in [0.25, 0.3) is 0 Å². The third-order valence-electron chi connectivity index (χ3n) is 1.95. The van der Waals surface area contributed by atoms with E-state index in [9.17, 15) is 0 Å². The first kappa shape index (κ1) is 10.1. The monoisotopic (exact) mass is 222 g/mol. The summed E-state index contributed by atoms with van der Waals surface area (Å²) in [6.45, 7) is 4.39. The van der Waals surface area contributed by atoms with E-state index in [2.05, 4.69) is 15.1 Å². The van der Waals surface area contributed by atoms with Crippen LogP contribution in [0.1, 0.15) is 17.2 Å². The number of aryl methyl sites for hydroxylation is 2. The highest BCUT2D eigenvalue weighted by molar-refractivity contribution is 6.29. The van der Waals surface area contributed by atoms with Crippen LogP contribution in [0.3, 0.4) is 0 Å². The van der Waals surface area contributed by atoms with E-state index in [1.807, 2.05) is 26.1 Å². The van der Waals surface area contributed by atoms with Crippen LogP contribution in [0.5, 0.6) is 0 Å². The minimum Gasteiger partial charge on any atom is -0.265 e. The van der Waals surface area contributed by atoms with Crippen molar-refractivity contribution < 1.29 is 0 Å². The summed E-state index contributed by atoms with van der Waals surface area (Å²) in [6, 6.07) is 3.68. The maximum absolute atomic E-state index is 5.84. The van der Waals surface area contributed by atoms with E-state index >= 15 is 0 Å². The summed E-state index contributed by atoms with van der Waals surface area (Å²) < 4.78 is 1.79. The molecule has 0 aromatic carbocycles. The van der Waals surface area contributed by atoms with Crippen LogP contribution in [0, 0.1) is 13.8 Å². The number of hydrogen-bond acceptors (Lipinski definition) is 3. The van der Waals surface area contributed by atoms with Crippen LogP contribution in [0.15, 0.2) is 18.3 Å². The van der Waals surface area contributed by atoms with Crippen molar-refractivity contribution in [3.63, 3.8) is 0 Å². The van der Waals surface area contributed by atoms with Crippen LogP contribution in [0.4, 0.5) is 0 Å². The quantitative estimate of drug-likeness (QED) is 0.730. The van der Waals surface area contributed by atoms with Crippen LogP contribution in [-0.4, -0.2) is 19.7 Å². The molecule has 0 radical (unpaired) electrons. The molecule has 78 valence electrons. The highest BCUT2D eigenvalue weighted by atomic mass is 35.5. The van der Waals surface area contributed by atoms with Gasteiger partial charge in [-0.2, -0.15) is 5.10 Å². The lowest BCUT2D eigenvalue weighted by Gasteiger charge is -2.02. The lowest BCUT2D eigenvalue weighted by atomic mass is 10.4. The largest absolute Gasteiger partial charge is 0.265 e. The van der Waals surface area contributed by atoms with Crippen molar-refractivity contribution in [1.29, 1.82) is 0 Å². The van der Waals surface area contributed by atoms with Gasteiger partial charge in [-0.05, 0) is 26.0 Å². The van der Waals surface area contributed by atoms with Gasteiger partial charge in [0.1, 0.15) is 11.7 Å². The second-order valence-electron chi connectivity index (χ2n) is 3.40. The van der Waals surface area contributed by atoms with Gasteiger partial charge in [0.05, 0.1) is 5.69 Å². The first-order chi connectivity index (χ1) is 7.13. The van der Waals surface area contributed by atoms with E-state index in [0.717, 1.165) is 11.4 Å². The molecule has 0 aliphatic rings. The molecule has 0 aliphatic heterocycles. The smallest absolute Gasteiger partial charge is 0.151 e. The summed E-state index contributed by atoms with van der Waals surface area (Å²) >= 11 is 5.84. The van der Waals surface area contributed by atoms with E-state index in [0.29, 0.717) is 17.5 Å². The topological polar surface area (TPSA) is 43.6 Å². The second-order valence-corrected chi connectivity index (χ2v) is 3.79. The van der Waals surface area contributed by atoms with E-state index in [1.54, 1.807) is 10.7 Å². The van der Waals surface area contributed by atoms with Gasteiger partial charge in [0, 0.05) is 11.9 Å². The second kappa shape index (κ2) is 3.98. The molecule has 2 rings (SSSR count). The Labute approximate surface area is 92.9 Å². The number of halogens is 1. The van der Waals surface area contributed by atoms with Gasteiger partial charge in [0.15, 0.2) is 5.82 Å². The molecule has 0 N–H and O–H groups in total. The van der Waals surface area contributed by atoms with Crippen LogP contribution in [0.25, 0.3) is 0 Å². The zero-order valence-electron chi connectivity index (χ0n) is 8.61. The molecule has 15 heavy (non-hydrogen) atoms. The Balaban J connectivity index is 2.24. The third-order valence-corrected chi connectivity index (χ3v) is 2.14. The van der Waals surface area contributed by atoms with Crippen molar-refractivity contribution >= 4 is 11.6 Å². The molecular weight excluding hydrogens is 212 g/mol. The highest BCUT2D eigenvalue weighted by Crippen LogP contribution is 2.07. The van der Waals surface area contributed by atoms with Crippen molar-refractivity contribution in [2.45, 2.75) is 20.4 Å². The maximum Gasteiger partial charge on any atom is 0.151 e. The zero-order chi connectivity index (χ0) is 10.8. The minimum atomic E-state index is 0.473. The molecule has 0 atom stereocenters. The summed E-state index contributed by atoms with van der Waals surface area (Å²) in [4.78, 5) is 8.41. The fourth-order valence-electron chi connectivity index (χ4n) is 1.36. The Hall–Kier alpha value is -1.42. The molecule has 0 amide bonds. The molecule has 0 bridgehead atoms. The first-order valence-corrected chi connectivity index (χ1v) is 5.01. The van der Waals surface area contributed by atoms with Gasteiger partial charge in [-0.1, -0.05) is 11.6 Å². The van der Waals surface area contributed by atoms with Crippen molar-refractivity contribution in [2.75, 3.05) is 0 Å². The fourth-order valence-corrected chi connectivity index (χ4v) is 1.61. The summed E-state index contributed by atoms with van der Waals surface area (Å²) in [5.41, 5.74) is 1.85. The molecule has 0 saturated heterocycles. The predicted octanol–water partition coefficient (Wildman–Crippen LogP) is 1.99. The number of hydrogen-bond donors (Lipinski definition) is 0. The van der Waals surface area contributed by atoms with Crippen molar-refractivity contribution in [2.24, 2.45) is 0 Å². The maximum atomic E-state index is 5.84. The number of nitrogens with zero attached hydrogens (tertiary/aromatic N) is 4. The molecule has 0 aliphatic carbocycles. The van der Waals surface area contributed by atoms with Gasteiger partial charge in [0.2, 0.25) is 0 Å². The Bertz CT molecular complexity index is 458. The number of aromatic nitrogens is 4. The van der Waals surface area contributed by atoms with Crippen molar-refractivity contribution in [3.05, 3.63) is 40.7 Å². The average Bonchev–Trinajstić information content (AvgIpc) is 2.49. The standard InChI is InChI=1S/C10H11ClN4/c1-7-3-4-15(14-7)6-10-12-8(2)5-9(11)13-10/h3-5H,6H2,1-2H3. The summed E-state index contributed by atoms with van der Waals surface area (Å²) in [6.07, 6.45) is 1.90. The van der Waals surface area contributed by atoms with Gasteiger partial charge in [-0.25, -0.2) is 9.97 Å². The first-order valence-electron chi connectivity index (χ1n) is 4.63. The Kier molecular flexibility index (Phi) is 2.68. The molecule has 0 unspecified atom stereocenters. The van der Waals surface area contributed by atoms with Crippen molar-refractivity contribution in [3.8, 4) is 0 Å². The Morgan fingerprint density at radius 2 is 2.07 bits per heavy atom. The summed E-state index contributed by atoms with van der Waals surface area (Å²) in [7, 11) is 0. The van der Waals surface area contributed by atoms with Gasteiger partial charge >= 0.3 is 0 Å². The van der Waals surface area contributed by atoms with Gasteiger partial charge in [-0.15, -0.1) is 0 Å². The van der Waals surface area contributed by atoms with E-state index in [1.165, 1.54) is 0 Å². The molecule has 0 saturated carbocycles. The Morgan fingerprint density at radius 3 is 2.67 bits per heavy atom. The molecular formula is C10H11ClN4. The molecule has 2 aromatic rings. The van der Waals surface area contributed by atoms with Crippen molar-refractivity contribution in [1.82, 2.24) is 19.7 Å². The fraction of sp³-hybridized carbons (Fsp3) is 0.300. The molecule has 2 aromatic heterocycles. The number of rotatable bonds is 2. The lowest BCUT2D eigenvalue weighted by molar-refractivity contribution is 0.647. The van der Waals surface area contributed by atoms with Gasteiger partial charge < -0.3 is 0 Å². The van der Waals surface area contributed by atoms with E-state index in [-0.39, 0.29) is 0 Å².